The monoisotopic (exact) mass is 429 g/mol. The number of nitrogens with one attached hydrogen (secondary N) is 2. The topological polar surface area (TPSA) is 97.7 Å². The maximum absolute atomic E-state index is 13.1. The van der Waals surface area contributed by atoms with Crippen molar-refractivity contribution < 1.29 is 17.9 Å². The fourth-order valence-corrected chi connectivity index (χ4v) is 3.68. The van der Waals surface area contributed by atoms with Gasteiger partial charge in [0.2, 0.25) is 11.9 Å². The van der Waals surface area contributed by atoms with Gasteiger partial charge < -0.3 is 15.4 Å². The number of ether oxygens (including phenoxy) is 1. The van der Waals surface area contributed by atoms with Crippen LogP contribution in [0.3, 0.4) is 0 Å². The molecule has 1 saturated heterocycles. The number of hydrogen-bond acceptors (Lipinski definition) is 8. The van der Waals surface area contributed by atoms with Crippen LogP contribution in [0.5, 0.6) is 0 Å². The summed E-state index contributed by atoms with van der Waals surface area (Å²) >= 11 is 0. The van der Waals surface area contributed by atoms with Gasteiger partial charge in [-0.2, -0.15) is 28.1 Å². The third kappa shape index (κ3) is 4.13. The van der Waals surface area contributed by atoms with Gasteiger partial charge >= 0.3 is 6.18 Å². The predicted molar refractivity (Wildman–Crippen MR) is 106 cm³/mol. The Kier molecular flexibility index (Phi) is 4.69. The summed E-state index contributed by atoms with van der Waals surface area (Å²) < 4.78 is 44.8. The number of anilines is 3. The number of halogens is 3. The summed E-state index contributed by atoms with van der Waals surface area (Å²) in [6, 6.07) is 7.36. The van der Waals surface area contributed by atoms with Crippen molar-refractivity contribution in [1.82, 2.24) is 24.9 Å². The Morgan fingerprint density at radius 1 is 1.00 bits per heavy atom. The van der Waals surface area contributed by atoms with Gasteiger partial charge in [0.1, 0.15) is 11.4 Å². The van der Waals surface area contributed by atoms with Gasteiger partial charge in [0.05, 0.1) is 13.2 Å². The van der Waals surface area contributed by atoms with Gasteiger partial charge in [-0.3, -0.25) is 4.98 Å². The normalized spacial score (nSPS) is 22.1. The summed E-state index contributed by atoms with van der Waals surface area (Å²) in [6.07, 6.45) is -2.93. The molecule has 2 aliphatic rings. The second-order valence-electron chi connectivity index (χ2n) is 7.56. The molecule has 2 fully saturated rings. The number of rotatable bonds is 5. The molecule has 0 spiro atoms. The Balaban J connectivity index is 1.49. The van der Waals surface area contributed by atoms with E-state index in [4.69, 9.17) is 4.74 Å². The Labute approximate surface area is 175 Å². The molecule has 0 radical (unpaired) electrons. The van der Waals surface area contributed by atoms with Crippen molar-refractivity contribution in [2.45, 2.75) is 19.1 Å². The zero-order valence-electron chi connectivity index (χ0n) is 16.4. The van der Waals surface area contributed by atoms with Crippen LogP contribution in [-0.2, 0) is 10.9 Å². The molecule has 1 aliphatic carbocycles. The molecule has 8 nitrogen and oxygen atoms in total. The average molecular weight is 429 g/mol. The highest BCUT2D eigenvalue weighted by Gasteiger charge is 2.54. The largest absolute Gasteiger partial charge is 0.433 e. The number of pyridine rings is 2. The van der Waals surface area contributed by atoms with Crippen LogP contribution in [0, 0.1) is 18.8 Å². The molecule has 2 N–H and O–H groups in total. The maximum atomic E-state index is 13.1. The quantitative estimate of drug-likeness (QED) is 0.637. The minimum atomic E-state index is -4.56. The van der Waals surface area contributed by atoms with Crippen LogP contribution in [0.15, 0.2) is 36.5 Å². The van der Waals surface area contributed by atoms with E-state index < -0.39 is 11.9 Å². The highest BCUT2D eigenvalue weighted by Crippen LogP contribution is 2.45. The average Bonchev–Trinajstić information content (AvgIpc) is 3.14. The molecule has 11 heteroatoms. The minimum Gasteiger partial charge on any atom is -0.381 e. The molecule has 5 rings (SSSR count). The van der Waals surface area contributed by atoms with E-state index in [0.29, 0.717) is 30.7 Å². The fraction of sp³-hybridized carbons (Fsp3) is 0.350. The highest BCUT2D eigenvalue weighted by atomic mass is 19.4. The van der Waals surface area contributed by atoms with Crippen molar-refractivity contribution in [3.05, 3.63) is 47.9 Å². The Bertz CT molecular complexity index is 1110. The number of hydrogen-bond donors (Lipinski definition) is 2. The molecule has 0 aromatic carbocycles. The van der Waals surface area contributed by atoms with Crippen molar-refractivity contribution in [2.75, 3.05) is 23.8 Å². The first kappa shape index (κ1) is 19.6. The minimum absolute atomic E-state index is 0.00792. The summed E-state index contributed by atoms with van der Waals surface area (Å²) in [4.78, 5) is 20.9. The molecule has 2 unspecified atom stereocenters. The number of fused-ring (bicyclic) bond motifs is 1. The van der Waals surface area contributed by atoms with Crippen molar-refractivity contribution >= 4 is 17.6 Å². The first-order chi connectivity index (χ1) is 14.9. The number of aryl methyl sites for hydroxylation is 1. The van der Waals surface area contributed by atoms with Crippen LogP contribution in [-0.4, -0.2) is 44.2 Å². The first-order valence-corrected chi connectivity index (χ1v) is 9.71. The van der Waals surface area contributed by atoms with Crippen LogP contribution in [0.4, 0.5) is 30.8 Å². The van der Waals surface area contributed by atoms with E-state index in [1.807, 2.05) is 13.0 Å². The molecular weight excluding hydrogens is 411 g/mol. The Morgan fingerprint density at radius 3 is 2.52 bits per heavy atom. The zero-order valence-corrected chi connectivity index (χ0v) is 16.4. The molecule has 3 aromatic heterocycles. The number of nitrogens with zero attached hydrogens (tertiary/aromatic N) is 5. The van der Waals surface area contributed by atoms with Crippen LogP contribution in [0.1, 0.15) is 11.4 Å². The first-order valence-electron chi connectivity index (χ1n) is 9.71. The van der Waals surface area contributed by atoms with E-state index in [2.05, 4.69) is 35.6 Å². The van der Waals surface area contributed by atoms with Crippen molar-refractivity contribution in [2.24, 2.45) is 11.8 Å². The Morgan fingerprint density at radius 2 is 1.77 bits per heavy atom. The van der Waals surface area contributed by atoms with E-state index in [9.17, 15) is 13.2 Å². The van der Waals surface area contributed by atoms with E-state index >= 15 is 0 Å². The summed E-state index contributed by atoms with van der Waals surface area (Å²) in [5.41, 5.74) is 0.494. The molecule has 160 valence electrons. The van der Waals surface area contributed by atoms with Crippen LogP contribution in [0.2, 0.25) is 0 Å². The zero-order chi connectivity index (χ0) is 21.6. The maximum Gasteiger partial charge on any atom is 0.433 e. The standard InChI is InChI=1S/C20H18F3N7O/c1-10-7-11(5-6-24-10)25-18-28-17(14-3-2-4-15(26-14)20(21,22)23)29-19(30-18)27-16-12-8-31-9-13(12)16/h2-7,12-13,16H,8-9H2,1H3,(H2,24,25,27,28,29,30). The lowest BCUT2D eigenvalue weighted by atomic mass is 10.3. The Hall–Kier alpha value is -3.34. The molecule has 1 aliphatic heterocycles. The van der Waals surface area contributed by atoms with E-state index in [1.54, 1.807) is 12.3 Å². The van der Waals surface area contributed by atoms with E-state index in [1.165, 1.54) is 12.1 Å². The lowest BCUT2D eigenvalue weighted by Gasteiger charge is -2.12. The van der Waals surface area contributed by atoms with Crippen LogP contribution >= 0.6 is 0 Å². The molecule has 31 heavy (non-hydrogen) atoms. The third-order valence-electron chi connectivity index (χ3n) is 5.30. The second kappa shape index (κ2) is 7.41. The van der Waals surface area contributed by atoms with E-state index in [-0.39, 0.29) is 29.5 Å². The van der Waals surface area contributed by atoms with Crippen molar-refractivity contribution in [1.29, 1.82) is 0 Å². The van der Waals surface area contributed by atoms with Crippen molar-refractivity contribution in [3.8, 4) is 11.5 Å². The fourth-order valence-electron chi connectivity index (χ4n) is 3.68. The van der Waals surface area contributed by atoms with E-state index in [0.717, 1.165) is 11.8 Å². The lowest BCUT2D eigenvalue weighted by molar-refractivity contribution is -0.141. The second-order valence-corrected chi connectivity index (χ2v) is 7.56. The van der Waals surface area contributed by atoms with Gasteiger partial charge in [0.15, 0.2) is 5.82 Å². The van der Waals surface area contributed by atoms with Gasteiger partial charge in [-0.25, -0.2) is 4.98 Å². The van der Waals surface area contributed by atoms with Crippen LogP contribution < -0.4 is 10.6 Å². The number of aromatic nitrogens is 5. The van der Waals surface area contributed by atoms with Gasteiger partial charge in [-0.1, -0.05) is 6.07 Å². The summed E-state index contributed by atoms with van der Waals surface area (Å²) in [5.74, 6) is 1.30. The predicted octanol–water partition coefficient (Wildman–Crippen LogP) is 3.46. The molecule has 0 amide bonds. The molecule has 1 saturated carbocycles. The smallest absolute Gasteiger partial charge is 0.381 e. The molecular formula is C20H18F3N7O. The van der Waals surface area contributed by atoms with Gasteiger partial charge in [-0.05, 0) is 31.2 Å². The van der Waals surface area contributed by atoms with Crippen molar-refractivity contribution in [3.63, 3.8) is 0 Å². The number of alkyl halides is 3. The summed E-state index contributed by atoms with van der Waals surface area (Å²) in [6.45, 7) is 3.20. The third-order valence-corrected chi connectivity index (χ3v) is 5.30. The molecule has 2 atom stereocenters. The summed E-state index contributed by atoms with van der Waals surface area (Å²) in [5, 5.41) is 6.33. The van der Waals surface area contributed by atoms with Gasteiger partial charge in [0, 0.05) is 35.5 Å². The molecule has 3 aromatic rings. The summed E-state index contributed by atoms with van der Waals surface area (Å²) in [7, 11) is 0. The van der Waals surface area contributed by atoms with Crippen LogP contribution in [0.25, 0.3) is 11.5 Å². The molecule has 4 heterocycles. The van der Waals surface area contributed by atoms with Gasteiger partial charge in [0.25, 0.3) is 0 Å². The van der Waals surface area contributed by atoms with Gasteiger partial charge in [-0.15, -0.1) is 0 Å². The highest BCUT2D eigenvalue weighted by molar-refractivity contribution is 5.59. The lowest BCUT2D eigenvalue weighted by Crippen LogP contribution is -2.16. The molecule has 0 bridgehead atoms. The SMILES string of the molecule is Cc1cc(Nc2nc(NC3C4COCC43)nc(-c3cccc(C(F)(F)F)n3)n2)ccn1.